The van der Waals surface area contributed by atoms with E-state index < -0.39 is 11.4 Å². The largest absolute Gasteiger partial charge is 0.497 e. The lowest BCUT2D eigenvalue weighted by molar-refractivity contribution is -0.125. The molecule has 9 heteroatoms. The Balaban J connectivity index is 1.98. The molecule has 0 bridgehead atoms. The maximum absolute atomic E-state index is 13.3. The number of amides is 2. The summed E-state index contributed by atoms with van der Waals surface area (Å²) in [6.07, 6.45) is 5.99. The number of rotatable bonds is 9. The minimum atomic E-state index is -1.37. The van der Waals surface area contributed by atoms with E-state index in [2.05, 4.69) is 23.3 Å². The van der Waals surface area contributed by atoms with Crippen LogP contribution in [-0.4, -0.2) is 79.3 Å². The molecule has 1 aromatic rings. The second kappa shape index (κ2) is 10.4. The Morgan fingerprint density at radius 2 is 2.30 bits per heavy atom. The Bertz CT molecular complexity index is 1010. The van der Waals surface area contributed by atoms with Gasteiger partial charge in [-0.1, -0.05) is 18.7 Å². The quantitative estimate of drug-likeness (QED) is 0.288. The molecule has 1 fully saturated rings. The highest BCUT2D eigenvalue weighted by molar-refractivity contribution is 6.00. The third-order valence-corrected chi connectivity index (χ3v) is 6.21. The van der Waals surface area contributed by atoms with Gasteiger partial charge in [0.25, 0.3) is 11.8 Å². The van der Waals surface area contributed by atoms with Crippen molar-refractivity contribution in [2.45, 2.75) is 24.5 Å². The number of likely N-dealkylation sites (N-methyl/N-ethyl adjacent to an activating group) is 2. The van der Waals surface area contributed by atoms with E-state index in [0.29, 0.717) is 36.6 Å². The van der Waals surface area contributed by atoms with Gasteiger partial charge in [0.15, 0.2) is 0 Å². The zero-order valence-corrected chi connectivity index (χ0v) is 19.2. The molecule has 3 N–H and O–H groups in total. The molecule has 0 spiro atoms. The third-order valence-electron chi connectivity index (χ3n) is 6.21. The Morgan fingerprint density at radius 3 is 2.91 bits per heavy atom. The molecule has 2 atom stereocenters. The summed E-state index contributed by atoms with van der Waals surface area (Å²) in [5, 5.41) is 14.4. The summed E-state index contributed by atoms with van der Waals surface area (Å²) in [6, 6.07) is 7.72. The fraction of sp³-hybridized carbons (Fsp3) is 0.417. The number of benzene rings is 1. The van der Waals surface area contributed by atoms with Crippen molar-refractivity contribution in [1.82, 2.24) is 20.4 Å². The van der Waals surface area contributed by atoms with E-state index >= 15 is 0 Å². The van der Waals surface area contributed by atoms with Gasteiger partial charge in [-0.3, -0.25) is 14.9 Å². The molecule has 3 rings (SSSR count). The summed E-state index contributed by atoms with van der Waals surface area (Å²) >= 11 is 0. The topological polar surface area (TPSA) is 103 Å². The molecule has 0 saturated carbocycles. The SMILES string of the molecule is C=C/C(=C\N(C)C1CCOC1)[C@](CN1Cc2ccc(OC)cc2C1=O)(NC)C(=O)NC#CO. The molecular formula is C24H30N4O5. The number of aliphatic hydroxyl groups excluding tert-OH is 1. The maximum Gasteiger partial charge on any atom is 0.258 e. The number of nitrogens with zero attached hydrogens (tertiary/aromatic N) is 2. The van der Waals surface area contributed by atoms with E-state index in [1.807, 2.05) is 24.2 Å². The number of methoxy groups -OCH3 is 1. The van der Waals surface area contributed by atoms with Crippen LogP contribution in [0.1, 0.15) is 22.3 Å². The number of hydrogen-bond acceptors (Lipinski definition) is 7. The van der Waals surface area contributed by atoms with Crippen molar-refractivity contribution in [3.63, 3.8) is 0 Å². The summed E-state index contributed by atoms with van der Waals surface area (Å²) in [4.78, 5) is 30.1. The van der Waals surface area contributed by atoms with Crippen LogP contribution in [0.15, 0.2) is 42.6 Å². The normalized spacial score (nSPS) is 19.2. The molecule has 1 aromatic carbocycles. The van der Waals surface area contributed by atoms with Crippen molar-refractivity contribution in [3.8, 4) is 17.9 Å². The predicted octanol–water partition coefficient (Wildman–Crippen LogP) is 0.807. The highest BCUT2D eigenvalue weighted by Crippen LogP contribution is 2.30. The van der Waals surface area contributed by atoms with Crippen molar-refractivity contribution in [3.05, 3.63) is 53.8 Å². The Kier molecular flexibility index (Phi) is 7.63. The van der Waals surface area contributed by atoms with Gasteiger partial charge in [0, 0.05) is 32.0 Å². The van der Waals surface area contributed by atoms with Crippen LogP contribution in [0.2, 0.25) is 0 Å². The summed E-state index contributed by atoms with van der Waals surface area (Å²) in [7, 11) is 5.10. The number of nitrogens with one attached hydrogen (secondary N) is 2. The van der Waals surface area contributed by atoms with Crippen LogP contribution < -0.4 is 15.4 Å². The molecule has 2 heterocycles. The van der Waals surface area contributed by atoms with Crippen LogP contribution in [0.25, 0.3) is 0 Å². The van der Waals surface area contributed by atoms with Gasteiger partial charge < -0.3 is 29.7 Å². The first kappa shape index (κ1) is 24.2. The van der Waals surface area contributed by atoms with Gasteiger partial charge in [-0.25, -0.2) is 0 Å². The molecule has 1 unspecified atom stereocenters. The highest BCUT2D eigenvalue weighted by atomic mass is 16.5. The monoisotopic (exact) mass is 454 g/mol. The van der Waals surface area contributed by atoms with Crippen molar-refractivity contribution >= 4 is 11.8 Å². The van der Waals surface area contributed by atoms with E-state index in [1.165, 1.54) is 0 Å². The van der Waals surface area contributed by atoms with Crippen molar-refractivity contribution in [2.75, 3.05) is 41.0 Å². The van der Waals surface area contributed by atoms with Crippen molar-refractivity contribution in [1.29, 1.82) is 0 Å². The molecule has 0 aromatic heterocycles. The zero-order chi connectivity index (χ0) is 24.0. The zero-order valence-electron chi connectivity index (χ0n) is 19.2. The number of aliphatic hydroxyl groups is 1. The maximum atomic E-state index is 13.3. The lowest BCUT2D eigenvalue weighted by Gasteiger charge is -2.37. The number of hydrogen-bond donors (Lipinski definition) is 3. The average molecular weight is 455 g/mol. The minimum absolute atomic E-state index is 0.0190. The fourth-order valence-corrected chi connectivity index (χ4v) is 4.21. The molecule has 0 aliphatic carbocycles. The van der Waals surface area contributed by atoms with E-state index in [9.17, 15) is 9.59 Å². The lowest BCUT2D eigenvalue weighted by Crippen LogP contribution is -2.62. The third kappa shape index (κ3) is 4.82. The smallest absolute Gasteiger partial charge is 0.258 e. The van der Waals surface area contributed by atoms with Gasteiger partial charge in [0.05, 0.1) is 32.3 Å². The summed E-state index contributed by atoms with van der Waals surface area (Å²) in [6.45, 7) is 5.56. The van der Waals surface area contributed by atoms with Crippen LogP contribution in [0.5, 0.6) is 5.75 Å². The molecule has 2 amide bonds. The standard InChI is InChI=1S/C24H30N4O5/c1-5-18(14-27(3)19-8-11-33-15-19)24(25-2,23(31)26-9-10-29)16-28-13-17-6-7-20(32-4)12-21(17)22(28)30/h5-7,12,14,19,25,29H,1,8,11,13,15-16H2,2-4H3,(H,26,31)/b18-14+/t19?,24-/m0/s1. The van der Waals surface area contributed by atoms with Crippen LogP contribution in [0, 0.1) is 12.2 Å². The number of ether oxygens (including phenoxy) is 2. The summed E-state index contributed by atoms with van der Waals surface area (Å²) < 4.78 is 10.7. The molecule has 176 valence electrons. The van der Waals surface area contributed by atoms with Crippen molar-refractivity contribution < 1.29 is 24.2 Å². The first-order valence-electron chi connectivity index (χ1n) is 10.6. The number of carbonyl (C=O) groups is 2. The molecule has 33 heavy (non-hydrogen) atoms. The minimum Gasteiger partial charge on any atom is -0.497 e. The number of fused-ring (bicyclic) bond motifs is 1. The van der Waals surface area contributed by atoms with E-state index in [-0.39, 0.29) is 18.5 Å². The van der Waals surface area contributed by atoms with E-state index in [0.717, 1.165) is 12.0 Å². The summed E-state index contributed by atoms with van der Waals surface area (Å²) in [5.41, 5.74) is 0.573. The predicted molar refractivity (Wildman–Crippen MR) is 123 cm³/mol. The van der Waals surface area contributed by atoms with E-state index in [4.69, 9.17) is 14.6 Å². The first-order valence-corrected chi connectivity index (χ1v) is 10.6. The highest BCUT2D eigenvalue weighted by Gasteiger charge is 2.44. The van der Waals surface area contributed by atoms with Gasteiger partial charge in [-0.15, -0.1) is 0 Å². The lowest BCUT2D eigenvalue weighted by atomic mass is 9.87. The molecule has 1 saturated heterocycles. The van der Waals surface area contributed by atoms with E-state index in [1.54, 1.807) is 43.4 Å². The van der Waals surface area contributed by atoms with Crippen molar-refractivity contribution in [2.24, 2.45) is 0 Å². The molecule has 0 radical (unpaired) electrons. The van der Waals surface area contributed by atoms with Gasteiger partial charge in [-0.2, -0.15) is 0 Å². The van der Waals surface area contributed by atoms with Crippen LogP contribution >= 0.6 is 0 Å². The molecular weight excluding hydrogens is 424 g/mol. The Hall–Kier alpha value is -3.48. The molecule has 2 aliphatic rings. The second-order valence-corrected chi connectivity index (χ2v) is 8.00. The Morgan fingerprint density at radius 1 is 1.52 bits per heavy atom. The fourth-order valence-electron chi connectivity index (χ4n) is 4.21. The number of carbonyl (C=O) groups excluding carboxylic acids is 2. The van der Waals surface area contributed by atoms with Crippen LogP contribution in [0.4, 0.5) is 0 Å². The van der Waals surface area contributed by atoms with Crippen LogP contribution in [0.3, 0.4) is 0 Å². The summed E-state index contributed by atoms with van der Waals surface area (Å²) in [5.74, 6) is -0.132. The first-order chi connectivity index (χ1) is 15.9. The Labute approximate surface area is 194 Å². The molecule has 9 nitrogen and oxygen atoms in total. The van der Waals surface area contributed by atoms with Gasteiger partial charge in [-0.05, 0) is 36.7 Å². The van der Waals surface area contributed by atoms with Gasteiger partial charge >= 0.3 is 0 Å². The molecule has 2 aliphatic heterocycles. The van der Waals surface area contributed by atoms with Gasteiger partial charge in [0.1, 0.15) is 17.4 Å². The average Bonchev–Trinajstić information content (AvgIpc) is 3.48. The second-order valence-electron chi connectivity index (χ2n) is 8.00. The van der Waals surface area contributed by atoms with Crippen LogP contribution in [-0.2, 0) is 16.1 Å². The van der Waals surface area contributed by atoms with Gasteiger partial charge in [0.2, 0.25) is 0 Å².